The van der Waals surface area contributed by atoms with Crippen LogP contribution in [0.1, 0.15) is 48.7 Å². The van der Waals surface area contributed by atoms with Gasteiger partial charge < -0.3 is 19.7 Å². The van der Waals surface area contributed by atoms with Crippen molar-refractivity contribution in [1.82, 2.24) is 10.2 Å². The molecule has 0 aromatic heterocycles. The number of benzene rings is 2. The van der Waals surface area contributed by atoms with Gasteiger partial charge in [-0.2, -0.15) is 0 Å². The van der Waals surface area contributed by atoms with Gasteiger partial charge in [-0.25, -0.2) is 0 Å². The van der Waals surface area contributed by atoms with Crippen LogP contribution in [0.2, 0.25) is 5.02 Å². The van der Waals surface area contributed by atoms with Crippen molar-refractivity contribution in [2.75, 3.05) is 20.2 Å². The summed E-state index contributed by atoms with van der Waals surface area (Å²) in [6.45, 7) is 4.84. The van der Waals surface area contributed by atoms with Crippen LogP contribution in [0.15, 0.2) is 42.5 Å². The highest BCUT2D eigenvalue weighted by Gasteiger charge is 2.23. The second-order valence-electron chi connectivity index (χ2n) is 7.44. The molecule has 0 spiro atoms. The van der Waals surface area contributed by atoms with Crippen molar-refractivity contribution in [3.05, 3.63) is 58.6 Å². The molecule has 2 amide bonds. The molecule has 2 aromatic rings. The van der Waals surface area contributed by atoms with E-state index in [9.17, 15) is 9.59 Å². The molecule has 1 aliphatic rings. The zero-order chi connectivity index (χ0) is 21.7. The monoisotopic (exact) mass is 430 g/mol. The van der Waals surface area contributed by atoms with Crippen LogP contribution < -0.4 is 14.8 Å². The average Bonchev–Trinajstić information content (AvgIpc) is 2.74. The van der Waals surface area contributed by atoms with Crippen molar-refractivity contribution in [2.24, 2.45) is 0 Å². The number of likely N-dealkylation sites (tertiary alicyclic amines) is 1. The Morgan fingerprint density at radius 3 is 2.37 bits per heavy atom. The molecular formula is C23H27ClN2O4. The van der Waals surface area contributed by atoms with Gasteiger partial charge in [-0.15, -0.1) is 0 Å². The summed E-state index contributed by atoms with van der Waals surface area (Å²) in [5.74, 6) is 0.993. The van der Waals surface area contributed by atoms with E-state index in [1.807, 2.05) is 24.0 Å². The Kier molecular flexibility index (Phi) is 7.21. The minimum atomic E-state index is -0.198. The molecule has 6 nitrogen and oxygen atoms in total. The molecule has 0 saturated carbocycles. The normalized spacial score (nSPS) is 15.4. The predicted molar refractivity (Wildman–Crippen MR) is 116 cm³/mol. The third-order valence-electron chi connectivity index (χ3n) is 5.32. The number of amides is 2. The Hall–Kier alpha value is -2.73. The Labute approximate surface area is 182 Å². The Bertz CT molecular complexity index is 893. The summed E-state index contributed by atoms with van der Waals surface area (Å²) in [4.78, 5) is 26.1. The van der Waals surface area contributed by atoms with E-state index >= 15 is 0 Å². The number of nitrogens with one attached hydrogen (secondary N) is 1. The summed E-state index contributed by atoms with van der Waals surface area (Å²) in [6, 6.07) is 12.4. The molecule has 7 heteroatoms. The van der Waals surface area contributed by atoms with E-state index in [1.54, 1.807) is 44.4 Å². The van der Waals surface area contributed by atoms with Gasteiger partial charge in [0.25, 0.3) is 5.91 Å². The first-order valence-corrected chi connectivity index (χ1v) is 10.4. The highest BCUT2D eigenvalue weighted by molar-refractivity contribution is 6.30. The lowest BCUT2D eigenvalue weighted by Gasteiger charge is -2.31. The maximum absolute atomic E-state index is 12.8. The molecule has 1 aliphatic heterocycles. The first kappa shape index (κ1) is 22.0. The van der Waals surface area contributed by atoms with E-state index in [-0.39, 0.29) is 24.0 Å². The summed E-state index contributed by atoms with van der Waals surface area (Å²) in [7, 11) is 1.57. The minimum Gasteiger partial charge on any atom is -0.493 e. The zero-order valence-corrected chi connectivity index (χ0v) is 18.2. The highest BCUT2D eigenvalue weighted by atomic mass is 35.5. The lowest BCUT2D eigenvalue weighted by Crippen LogP contribution is -2.40. The number of nitrogens with zero attached hydrogens (tertiary/aromatic N) is 1. The fraction of sp³-hybridized carbons (Fsp3) is 0.391. The molecule has 30 heavy (non-hydrogen) atoms. The molecule has 160 valence electrons. The second-order valence-corrected chi connectivity index (χ2v) is 7.87. The third-order valence-corrected chi connectivity index (χ3v) is 5.58. The number of carbonyl (C=O) groups excluding carboxylic acids is 2. The van der Waals surface area contributed by atoms with Crippen LogP contribution in [-0.4, -0.2) is 43.0 Å². The van der Waals surface area contributed by atoms with Crippen LogP contribution in [0.25, 0.3) is 0 Å². The lowest BCUT2D eigenvalue weighted by molar-refractivity contribution is -0.130. The molecule has 0 bridgehead atoms. The van der Waals surface area contributed by atoms with Crippen molar-refractivity contribution in [2.45, 2.75) is 38.8 Å². The second kappa shape index (κ2) is 9.85. The average molecular weight is 431 g/mol. The zero-order valence-electron chi connectivity index (χ0n) is 17.5. The first-order chi connectivity index (χ1) is 14.4. The molecule has 1 heterocycles. The summed E-state index contributed by atoms with van der Waals surface area (Å²) >= 11 is 5.93. The summed E-state index contributed by atoms with van der Waals surface area (Å²) in [5, 5.41) is 3.65. The molecule has 1 unspecified atom stereocenters. The molecular weight excluding hydrogens is 404 g/mol. The maximum Gasteiger partial charge on any atom is 0.251 e. The first-order valence-electron chi connectivity index (χ1n) is 10.0. The SMILES string of the molecule is COc1ccc(C(=O)NC(C)c2ccc(Cl)cc2)cc1OC1CCN(C(C)=O)CC1. The summed E-state index contributed by atoms with van der Waals surface area (Å²) in [6.07, 6.45) is 1.46. The Balaban J connectivity index is 1.68. The number of ether oxygens (including phenoxy) is 2. The predicted octanol–water partition coefficient (Wildman–Crippen LogP) is 4.23. The number of rotatable bonds is 6. The largest absolute Gasteiger partial charge is 0.493 e. The van der Waals surface area contributed by atoms with Crippen molar-refractivity contribution < 1.29 is 19.1 Å². The van der Waals surface area contributed by atoms with Crippen LogP contribution in [0.5, 0.6) is 11.5 Å². The van der Waals surface area contributed by atoms with E-state index in [0.717, 1.165) is 18.4 Å². The van der Waals surface area contributed by atoms with Gasteiger partial charge in [-0.05, 0) is 42.8 Å². The summed E-state index contributed by atoms with van der Waals surface area (Å²) in [5.41, 5.74) is 1.46. The fourth-order valence-electron chi connectivity index (χ4n) is 3.49. The smallest absolute Gasteiger partial charge is 0.251 e. The third kappa shape index (κ3) is 5.45. The number of carbonyl (C=O) groups is 2. The van der Waals surface area contributed by atoms with E-state index in [0.29, 0.717) is 35.2 Å². The van der Waals surface area contributed by atoms with Gasteiger partial charge in [0.15, 0.2) is 11.5 Å². The number of hydrogen-bond acceptors (Lipinski definition) is 4. The Morgan fingerprint density at radius 2 is 1.77 bits per heavy atom. The number of methoxy groups -OCH3 is 1. The standard InChI is InChI=1S/C23H27ClN2O4/c1-15(17-4-7-19(24)8-5-17)25-23(28)18-6-9-21(29-3)22(14-18)30-20-10-12-26(13-11-20)16(2)27/h4-9,14-15,20H,10-13H2,1-3H3,(H,25,28). The lowest BCUT2D eigenvalue weighted by atomic mass is 10.1. The van der Waals surface area contributed by atoms with Crippen LogP contribution in [0.4, 0.5) is 0 Å². The van der Waals surface area contributed by atoms with E-state index in [1.165, 1.54) is 0 Å². The van der Waals surface area contributed by atoms with Crippen molar-refractivity contribution in [3.8, 4) is 11.5 Å². The van der Waals surface area contributed by atoms with Crippen LogP contribution >= 0.6 is 11.6 Å². The fourth-order valence-corrected chi connectivity index (χ4v) is 3.62. The molecule has 1 N–H and O–H groups in total. The van der Waals surface area contributed by atoms with Gasteiger partial charge in [0.05, 0.1) is 13.2 Å². The number of halogens is 1. The van der Waals surface area contributed by atoms with Crippen molar-refractivity contribution in [1.29, 1.82) is 0 Å². The van der Waals surface area contributed by atoms with Gasteiger partial charge in [-0.3, -0.25) is 9.59 Å². The van der Waals surface area contributed by atoms with Crippen molar-refractivity contribution >= 4 is 23.4 Å². The number of hydrogen-bond donors (Lipinski definition) is 1. The Morgan fingerprint density at radius 1 is 1.10 bits per heavy atom. The van der Waals surface area contributed by atoms with Gasteiger partial charge in [-0.1, -0.05) is 23.7 Å². The molecule has 3 rings (SSSR count). The molecule has 1 fully saturated rings. The quantitative estimate of drug-likeness (QED) is 0.744. The van der Waals surface area contributed by atoms with E-state index in [4.69, 9.17) is 21.1 Å². The van der Waals surface area contributed by atoms with E-state index < -0.39 is 0 Å². The maximum atomic E-state index is 12.8. The molecule has 2 aromatic carbocycles. The van der Waals surface area contributed by atoms with Gasteiger partial charge in [0, 0.05) is 43.4 Å². The minimum absolute atomic E-state index is 0.0270. The van der Waals surface area contributed by atoms with Crippen LogP contribution in [0.3, 0.4) is 0 Å². The van der Waals surface area contributed by atoms with Crippen LogP contribution in [0, 0.1) is 0 Å². The summed E-state index contributed by atoms with van der Waals surface area (Å²) < 4.78 is 11.6. The molecule has 1 saturated heterocycles. The number of piperidine rings is 1. The van der Waals surface area contributed by atoms with Gasteiger partial charge in [0.1, 0.15) is 6.10 Å². The van der Waals surface area contributed by atoms with Crippen molar-refractivity contribution in [3.63, 3.8) is 0 Å². The highest BCUT2D eigenvalue weighted by Crippen LogP contribution is 2.31. The van der Waals surface area contributed by atoms with Gasteiger partial charge >= 0.3 is 0 Å². The van der Waals surface area contributed by atoms with Gasteiger partial charge in [0.2, 0.25) is 5.91 Å². The topological polar surface area (TPSA) is 67.9 Å². The van der Waals surface area contributed by atoms with E-state index in [2.05, 4.69) is 5.32 Å². The molecule has 0 aliphatic carbocycles. The molecule has 1 atom stereocenters. The van der Waals surface area contributed by atoms with Crippen LogP contribution in [-0.2, 0) is 4.79 Å². The molecule has 0 radical (unpaired) electrons.